The van der Waals surface area contributed by atoms with Gasteiger partial charge in [0, 0.05) is 5.69 Å². The Morgan fingerprint density at radius 3 is 2.62 bits per heavy atom. The fourth-order valence-corrected chi connectivity index (χ4v) is 2.95. The lowest BCUT2D eigenvalue weighted by Crippen LogP contribution is -2.07. The molecule has 21 heavy (non-hydrogen) atoms. The molecule has 0 saturated heterocycles. The van der Waals surface area contributed by atoms with Crippen molar-refractivity contribution in [1.29, 1.82) is 0 Å². The summed E-state index contributed by atoms with van der Waals surface area (Å²) in [6.07, 6.45) is 0. The van der Waals surface area contributed by atoms with E-state index in [0.717, 1.165) is 11.5 Å². The van der Waals surface area contributed by atoms with Gasteiger partial charge < -0.3 is 10.1 Å². The molecule has 0 aliphatic carbocycles. The number of rotatable bonds is 4. The molecular weight excluding hydrogens is 338 g/mol. The van der Waals surface area contributed by atoms with E-state index in [-0.39, 0.29) is 16.7 Å². The Labute approximate surface area is 135 Å². The van der Waals surface area contributed by atoms with Crippen LogP contribution in [0.5, 0.6) is 0 Å². The zero-order valence-corrected chi connectivity index (χ0v) is 13.5. The van der Waals surface area contributed by atoms with Gasteiger partial charge in [0.2, 0.25) is 0 Å². The van der Waals surface area contributed by atoms with Gasteiger partial charge in [-0.1, -0.05) is 23.2 Å². The minimum atomic E-state index is -0.685. The summed E-state index contributed by atoms with van der Waals surface area (Å²) >= 11 is 12.6. The number of halogens is 3. The van der Waals surface area contributed by atoms with Crippen LogP contribution >= 0.6 is 34.7 Å². The number of esters is 1. The average Bonchev–Trinajstić information content (AvgIpc) is 2.77. The van der Waals surface area contributed by atoms with Gasteiger partial charge in [-0.3, -0.25) is 0 Å². The van der Waals surface area contributed by atoms with E-state index >= 15 is 0 Å². The van der Waals surface area contributed by atoms with Crippen LogP contribution in [0.1, 0.15) is 23.0 Å². The smallest absolute Gasteiger partial charge is 0.343 e. The molecule has 8 heteroatoms. The summed E-state index contributed by atoms with van der Waals surface area (Å²) in [5, 5.41) is 3.24. The Hall–Kier alpha value is -1.37. The molecule has 1 aromatic carbocycles. The summed E-state index contributed by atoms with van der Waals surface area (Å²) in [5.41, 5.74) is 1.36. The van der Waals surface area contributed by atoms with Gasteiger partial charge in [-0.15, -0.1) is 0 Å². The zero-order chi connectivity index (χ0) is 15.6. The highest BCUT2D eigenvalue weighted by atomic mass is 35.5. The molecule has 2 rings (SSSR count). The standard InChI is InChI=1S/C13H11Cl2FN2O2S/c1-3-20-13(19)10-6(2)18-21-12(10)17-7-4-8(14)11(16)9(15)5-7/h4-5,17H,3H2,1-2H3. The number of nitrogens with zero attached hydrogens (tertiary/aromatic N) is 1. The normalized spacial score (nSPS) is 10.5. The van der Waals surface area contributed by atoms with Crippen molar-refractivity contribution in [2.24, 2.45) is 0 Å². The van der Waals surface area contributed by atoms with Gasteiger partial charge in [0.05, 0.1) is 22.3 Å². The topological polar surface area (TPSA) is 51.2 Å². The molecule has 0 spiro atoms. The summed E-state index contributed by atoms with van der Waals surface area (Å²) in [6, 6.07) is 2.76. The highest BCUT2D eigenvalue weighted by Gasteiger charge is 2.20. The fourth-order valence-electron chi connectivity index (χ4n) is 1.66. The molecule has 0 bridgehead atoms. The Morgan fingerprint density at radius 2 is 2.05 bits per heavy atom. The van der Waals surface area contributed by atoms with Gasteiger partial charge in [-0.05, 0) is 37.5 Å². The Balaban J connectivity index is 2.34. The molecule has 1 N–H and O–H groups in total. The van der Waals surface area contributed by atoms with Crippen molar-refractivity contribution in [3.8, 4) is 0 Å². The maximum atomic E-state index is 13.4. The van der Waals surface area contributed by atoms with E-state index in [1.54, 1.807) is 13.8 Å². The monoisotopic (exact) mass is 348 g/mol. The van der Waals surface area contributed by atoms with Crippen LogP contribution in [0.3, 0.4) is 0 Å². The molecule has 2 aromatic rings. The number of aromatic nitrogens is 1. The van der Waals surface area contributed by atoms with Crippen LogP contribution in [0.25, 0.3) is 0 Å². The minimum absolute atomic E-state index is 0.107. The van der Waals surface area contributed by atoms with Crippen LogP contribution in [0, 0.1) is 12.7 Å². The predicted octanol–water partition coefficient (Wildman–Crippen LogP) is 4.82. The largest absolute Gasteiger partial charge is 0.462 e. The number of hydrogen-bond donors (Lipinski definition) is 1. The molecular formula is C13H11Cl2FN2O2S. The third-order valence-corrected chi connectivity index (χ3v) is 3.99. The molecule has 4 nitrogen and oxygen atoms in total. The van der Waals surface area contributed by atoms with E-state index in [0.29, 0.717) is 21.9 Å². The average molecular weight is 349 g/mol. The lowest BCUT2D eigenvalue weighted by atomic mass is 10.2. The molecule has 0 saturated carbocycles. The minimum Gasteiger partial charge on any atom is -0.462 e. The van der Waals surface area contributed by atoms with Crippen molar-refractivity contribution in [3.63, 3.8) is 0 Å². The number of nitrogens with one attached hydrogen (secondary N) is 1. The van der Waals surface area contributed by atoms with Gasteiger partial charge in [0.1, 0.15) is 10.6 Å². The Kier molecular flexibility index (Phi) is 5.03. The van der Waals surface area contributed by atoms with Gasteiger partial charge in [-0.25, -0.2) is 9.18 Å². The van der Waals surface area contributed by atoms with Gasteiger partial charge >= 0.3 is 5.97 Å². The fraction of sp³-hybridized carbons (Fsp3) is 0.231. The van der Waals surface area contributed by atoms with Crippen molar-refractivity contribution < 1.29 is 13.9 Å². The third kappa shape index (κ3) is 3.45. The second kappa shape index (κ2) is 6.60. The SMILES string of the molecule is CCOC(=O)c1c(C)nsc1Nc1cc(Cl)c(F)c(Cl)c1. The molecule has 0 aliphatic heterocycles. The van der Waals surface area contributed by atoms with E-state index < -0.39 is 11.8 Å². The third-order valence-electron chi connectivity index (χ3n) is 2.58. The second-order valence-corrected chi connectivity index (χ2v) is 5.66. The highest BCUT2D eigenvalue weighted by molar-refractivity contribution is 7.10. The van der Waals surface area contributed by atoms with Crippen LogP contribution in [0.15, 0.2) is 12.1 Å². The van der Waals surface area contributed by atoms with Crippen molar-refractivity contribution in [2.75, 3.05) is 11.9 Å². The molecule has 1 heterocycles. The summed E-state index contributed by atoms with van der Waals surface area (Å²) < 4.78 is 22.5. The van der Waals surface area contributed by atoms with Crippen molar-refractivity contribution in [2.45, 2.75) is 13.8 Å². The number of carbonyl (C=O) groups is 1. The van der Waals surface area contributed by atoms with Crippen molar-refractivity contribution in [3.05, 3.63) is 39.3 Å². The number of benzene rings is 1. The van der Waals surface area contributed by atoms with E-state index in [1.165, 1.54) is 12.1 Å². The first-order valence-corrected chi connectivity index (χ1v) is 7.52. The summed E-state index contributed by atoms with van der Waals surface area (Å²) in [4.78, 5) is 11.9. The molecule has 0 unspecified atom stereocenters. The molecule has 1 aromatic heterocycles. The first-order valence-electron chi connectivity index (χ1n) is 5.99. The first-order chi connectivity index (χ1) is 9.93. The van der Waals surface area contributed by atoms with E-state index in [4.69, 9.17) is 27.9 Å². The second-order valence-electron chi connectivity index (χ2n) is 4.07. The number of carbonyl (C=O) groups excluding carboxylic acids is 1. The molecule has 0 aliphatic rings. The zero-order valence-electron chi connectivity index (χ0n) is 11.2. The predicted molar refractivity (Wildman–Crippen MR) is 82.5 cm³/mol. The number of anilines is 2. The maximum absolute atomic E-state index is 13.4. The van der Waals surface area contributed by atoms with E-state index in [9.17, 15) is 9.18 Å². The lowest BCUT2D eigenvalue weighted by Gasteiger charge is -2.08. The van der Waals surface area contributed by atoms with Gasteiger partial charge in [0.25, 0.3) is 0 Å². The number of ether oxygens (including phenoxy) is 1. The van der Waals surface area contributed by atoms with Gasteiger partial charge in [0.15, 0.2) is 5.82 Å². The molecule has 112 valence electrons. The highest BCUT2D eigenvalue weighted by Crippen LogP contribution is 2.32. The van der Waals surface area contributed by atoms with Crippen LogP contribution in [0.4, 0.5) is 15.1 Å². The van der Waals surface area contributed by atoms with Crippen LogP contribution in [-0.4, -0.2) is 16.9 Å². The van der Waals surface area contributed by atoms with Crippen LogP contribution < -0.4 is 5.32 Å². The summed E-state index contributed by atoms with van der Waals surface area (Å²) in [5.74, 6) is -1.15. The van der Waals surface area contributed by atoms with Crippen molar-refractivity contribution in [1.82, 2.24) is 4.37 Å². The number of hydrogen-bond acceptors (Lipinski definition) is 5. The number of aryl methyl sites for hydroxylation is 1. The van der Waals surface area contributed by atoms with E-state index in [1.807, 2.05) is 0 Å². The van der Waals surface area contributed by atoms with Crippen molar-refractivity contribution >= 4 is 51.4 Å². The first kappa shape index (κ1) is 16.0. The summed E-state index contributed by atoms with van der Waals surface area (Å²) in [6.45, 7) is 3.69. The van der Waals surface area contributed by atoms with E-state index in [2.05, 4.69) is 9.69 Å². The maximum Gasteiger partial charge on any atom is 0.343 e. The summed E-state index contributed by atoms with van der Waals surface area (Å²) in [7, 11) is 0. The molecule has 0 amide bonds. The van der Waals surface area contributed by atoms with Crippen LogP contribution in [0.2, 0.25) is 10.0 Å². The molecule has 0 fully saturated rings. The quantitative estimate of drug-likeness (QED) is 0.635. The Bertz CT molecular complexity index is 668. The van der Waals surface area contributed by atoms with Crippen LogP contribution in [-0.2, 0) is 4.74 Å². The molecule has 0 atom stereocenters. The molecule has 0 radical (unpaired) electrons. The lowest BCUT2D eigenvalue weighted by molar-refractivity contribution is 0.0527. The Morgan fingerprint density at radius 1 is 1.43 bits per heavy atom. The van der Waals surface area contributed by atoms with Gasteiger partial charge in [-0.2, -0.15) is 4.37 Å².